The van der Waals surface area contributed by atoms with Gasteiger partial charge in [-0.3, -0.25) is 0 Å². The van der Waals surface area contributed by atoms with Crippen LogP contribution in [0.3, 0.4) is 0 Å². The highest BCUT2D eigenvalue weighted by atomic mass is 79.9. The van der Waals surface area contributed by atoms with Crippen LogP contribution in [-0.2, 0) is 9.59 Å². The molecule has 0 saturated heterocycles. The van der Waals surface area contributed by atoms with Crippen molar-refractivity contribution in [2.24, 2.45) is 0 Å². The molecule has 4 rings (SSSR count). The summed E-state index contributed by atoms with van der Waals surface area (Å²) in [4.78, 5) is 28.3. The van der Waals surface area contributed by atoms with Crippen LogP contribution in [0.25, 0.3) is 0 Å². The van der Waals surface area contributed by atoms with Gasteiger partial charge in [-0.05, 0) is 94.5 Å². The molecule has 3 heterocycles. The largest absolute Gasteiger partial charge is 0.479 e. The van der Waals surface area contributed by atoms with Gasteiger partial charge in [-0.2, -0.15) is 0 Å². The van der Waals surface area contributed by atoms with Gasteiger partial charge < -0.3 is 20.8 Å². The molecule has 0 bridgehead atoms. The Labute approximate surface area is 260 Å². The minimum atomic E-state index is -0.991. The zero-order chi connectivity index (χ0) is 28.9. The Morgan fingerprint density at radius 3 is 1.85 bits per heavy atom. The van der Waals surface area contributed by atoms with E-state index in [0.29, 0.717) is 15.7 Å². The number of rotatable bonds is 8. The molecule has 0 fully saturated rings. The van der Waals surface area contributed by atoms with E-state index in [-0.39, 0.29) is 5.02 Å². The fraction of sp³-hybridized carbons (Fsp3) is 0.192. The second-order valence-corrected chi connectivity index (χ2v) is 12.9. The molecule has 3 aromatic heterocycles. The number of aromatic nitrogens is 1. The Hall–Kier alpha value is -2.15. The summed E-state index contributed by atoms with van der Waals surface area (Å²) in [5.74, 6) is -1.58. The number of aryl methyl sites for hydroxylation is 3. The second-order valence-electron chi connectivity index (χ2n) is 8.45. The van der Waals surface area contributed by atoms with E-state index >= 15 is 0 Å². The van der Waals surface area contributed by atoms with Crippen molar-refractivity contribution in [3.8, 4) is 0 Å². The zero-order valence-corrected chi connectivity index (χ0v) is 27.1. The topological polar surface area (TPSA) is 112 Å². The van der Waals surface area contributed by atoms with Gasteiger partial charge in [0.15, 0.2) is 12.1 Å². The molecule has 2 atom stereocenters. The van der Waals surface area contributed by atoms with Gasteiger partial charge in [0, 0.05) is 30.6 Å². The number of anilines is 2. The van der Waals surface area contributed by atoms with Crippen molar-refractivity contribution < 1.29 is 19.8 Å². The molecule has 7 nitrogen and oxygen atoms in total. The van der Waals surface area contributed by atoms with Crippen LogP contribution in [0.4, 0.5) is 11.5 Å². The first-order valence-electron chi connectivity index (χ1n) is 11.2. The van der Waals surface area contributed by atoms with Gasteiger partial charge in [0.25, 0.3) is 0 Å². The highest BCUT2D eigenvalue weighted by Gasteiger charge is 2.23. The van der Waals surface area contributed by atoms with Crippen molar-refractivity contribution in [1.82, 2.24) is 4.98 Å². The fourth-order valence-electron chi connectivity index (χ4n) is 3.30. The standard InChI is InChI=1S/C14H13Br2NO2S.C12H10Cl2N2O2S/c1-7-3-12(20-6-7)13(14(18)19)17-11-4-8(2)9(15)5-10(11)16;1-6-2-9(19-5-6)10(12(17)18)16-11-8(14)3-7(13)4-15-11/h3-6,13,17H,1-2H3,(H,18,19);2-5,10H,1H3,(H,15,16)(H,17,18). The summed E-state index contributed by atoms with van der Waals surface area (Å²) < 4.78 is 1.81. The lowest BCUT2D eigenvalue weighted by Crippen LogP contribution is -2.20. The first kappa shape index (κ1) is 31.4. The van der Waals surface area contributed by atoms with Gasteiger partial charge in [-0.1, -0.05) is 39.1 Å². The molecule has 0 spiro atoms. The minimum Gasteiger partial charge on any atom is -0.479 e. The van der Waals surface area contributed by atoms with E-state index in [1.165, 1.54) is 34.9 Å². The lowest BCUT2D eigenvalue weighted by atomic mass is 10.1. The number of pyridine rings is 1. The van der Waals surface area contributed by atoms with E-state index in [2.05, 4.69) is 47.5 Å². The number of carboxylic acid groups (broad SMARTS) is 2. The molecule has 0 aliphatic carbocycles. The number of hydrogen-bond donors (Lipinski definition) is 4. The van der Waals surface area contributed by atoms with Crippen LogP contribution in [0.5, 0.6) is 0 Å². The molecule has 0 amide bonds. The normalized spacial score (nSPS) is 12.2. The molecule has 39 heavy (non-hydrogen) atoms. The first-order chi connectivity index (χ1) is 18.3. The summed E-state index contributed by atoms with van der Waals surface area (Å²) >= 11 is 21.5. The average molecular weight is 736 g/mol. The summed E-state index contributed by atoms with van der Waals surface area (Å²) in [6.07, 6.45) is 1.41. The van der Waals surface area contributed by atoms with Crippen LogP contribution in [-0.4, -0.2) is 27.1 Å². The molecule has 0 aliphatic heterocycles. The van der Waals surface area contributed by atoms with Crippen LogP contribution in [0, 0.1) is 20.8 Å². The zero-order valence-electron chi connectivity index (χ0n) is 20.8. The molecule has 206 valence electrons. The maximum absolute atomic E-state index is 11.5. The summed E-state index contributed by atoms with van der Waals surface area (Å²) in [7, 11) is 0. The van der Waals surface area contributed by atoms with Crippen LogP contribution in [0.1, 0.15) is 38.5 Å². The second kappa shape index (κ2) is 14.0. The third-order valence-electron chi connectivity index (χ3n) is 5.20. The summed E-state index contributed by atoms with van der Waals surface area (Å²) in [5, 5.41) is 29.1. The monoisotopic (exact) mass is 733 g/mol. The molecular weight excluding hydrogens is 713 g/mol. The summed E-state index contributed by atoms with van der Waals surface area (Å²) in [6.45, 7) is 5.83. The molecule has 13 heteroatoms. The van der Waals surface area contributed by atoms with E-state index < -0.39 is 24.0 Å². The van der Waals surface area contributed by atoms with Crippen molar-refractivity contribution in [1.29, 1.82) is 0 Å². The van der Waals surface area contributed by atoms with Gasteiger partial charge in [0.05, 0.1) is 10.0 Å². The lowest BCUT2D eigenvalue weighted by Gasteiger charge is -2.16. The SMILES string of the molecule is Cc1csc(C(Nc2cc(C)c(Br)cc2Br)C(=O)O)c1.Cc1csc(C(Nc2ncc(Cl)cc2Cl)C(=O)O)c1. The Morgan fingerprint density at radius 1 is 0.846 bits per heavy atom. The average Bonchev–Trinajstić information content (AvgIpc) is 3.48. The third-order valence-corrected chi connectivity index (χ3v) is 9.44. The molecule has 0 radical (unpaired) electrons. The van der Waals surface area contributed by atoms with Gasteiger partial charge in [0.1, 0.15) is 5.82 Å². The van der Waals surface area contributed by atoms with Crippen molar-refractivity contribution in [2.75, 3.05) is 10.6 Å². The van der Waals surface area contributed by atoms with Crippen LogP contribution < -0.4 is 10.6 Å². The van der Waals surface area contributed by atoms with Gasteiger partial charge in [0.2, 0.25) is 0 Å². The molecule has 2 unspecified atom stereocenters. The van der Waals surface area contributed by atoms with E-state index in [9.17, 15) is 19.8 Å². The summed E-state index contributed by atoms with van der Waals surface area (Å²) in [5.41, 5.74) is 3.90. The van der Waals surface area contributed by atoms with Crippen molar-refractivity contribution in [2.45, 2.75) is 32.9 Å². The molecular formula is C26H23Br2Cl2N3O4S2. The van der Waals surface area contributed by atoms with Crippen LogP contribution >= 0.6 is 77.7 Å². The molecule has 0 aliphatic rings. The number of halogens is 4. The van der Waals surface area contributed by atoms with Gasteiger partial charge in [-0.25, -0.2) is 14.6 Å². The fourth-order valence-corrected chi connectivity index (χ4v) is 6.72. The number of thiophene rings is 2. The maximum Gasteiger partial charge on any atom is 0.331 e. The lowest BCUT2D eigenvalue weighted by molar-refractivity contribution is -0.139. The van der Waals surface area contributed by atoms with Crippen LogP contribution in [0.2, 0.25) is 10.0 Å². The Balaban J connectivity index is 0.000000216. The van der Waals surface area contributed by atoms with Crippen LogP contribution in [0.15, 0.2) is 56.2 Å². The van der Waals surface area contributed by atoms with Crippen molar-refractivity contribution in [3.05, 3.63) is 92.7 Å². The van der Waals surface area contributed by atoms with Crippen molar-refractivity contribution >= 4 is 101 Å². The number of hydrogen-bond acceptors (Lipinski definition) is 7. The number of aliphatic carboxylic acids is 2. The number of benzene rings is 1. The molecule has 1 aromatic carbocycles. The Bertz CT molecular complexity index is 1500. The quantitative estimate of drug-likeness (QED) is 0.143. The highest BCUT2D eigenvalue weighted by molar-refractivity contribution is 9.11. The van der Waals surface area contributed by atoms with E-state index in [4.69, 9.17) is 23.2 Å². The Kier molecular flexibility index (Phi) is 11.2. The first-order valence-corrected chi connectivity index (χ1v) is 15.3. The highest BCUT2D eigenvalue weighted by Crippen LogP contribution is 2.33. The van der Waals surface area contributed by atoms with Gasteiger partial charge in [-0.15, -0.1) is 22.7 Å². The maximum atomic E-state index is 11.5. The summed E-state index contributed by atoms with van der Waals surface area (Å²) in [6, 6.07) is 7.43. The molecule has 4 aromatic rings. The molecule has 0 saturated carbocycles. The van der Waals surface area contributed by atoms with Crippen molar-refractivity contribution in [3.63, 3.8) is 0 Å². The van der Waals surface area contributed by atoms with E-state index in [1.807, 2.05) is 55.8 Å². The number of carbonyl (C=O) groups is 2. The minimum absolute atomic E-state index is 0.284. The Morgan fingerprint density at radius 2 is 1.38 bits per heavy atom. The predicted molar refractivity (Wildman–Crippen MR) is 167 cm³/mol. The van der Waals surface area contributed by atoms with E-state index in [1.54, 1.807) is 0 Å². The predicted octanol–water partition coefficient (Wildman–Crippen LogP) is 9.12. The number of nitrogens with one attached hydrogen (secondary N) is 2. The third kappa shape index (κ3) is 8.67. The number of nitrogens with zero attached hydrogens (tertiary/aromatic N) is 1. The van der Waals surface area contributed by atoms with E-state index in [0.717, 1.165) is 36.2 Å². The number of carboxylic acids is 2. The molecule has 4 N–H and O–H groups in total. The van der Waals surface area contributed by atoms with Gasteiger partial charge >= 0.3 is 11.9 Å². The smallest absolute Gasteiger partial charge is 0.331 e.